The Kier molecular flexibility index (Phi) is 6.76. The van der Waals surface area contributed by atoms with E-state index in [1.54, 1.807) is 6.92 Å². The highest BCUT2D eigenvalue weighted by atomic mass is 16.1. The molecule has 0 aromatic carbocycles. The monoisotopic (exact) mass is 219 g/mol. The minimum Gasteiger partial charge on any atom is -0.337 e. The van der Waals surface area contributed by atoms with E-state index < -0.39 is 0 Å². The molecule has 0 bridgehead atoms. The van der Waals surface area contributed by atoms with Gasteiger partial charge in [0.05, 0.1) is 6.54 Å². The number of amides is 1. The lowest BCUT2D eigenvalue weighted by atomic mass is 10.3. The molecule has 0 aromatic heterocycles. The topological polar surface area (TPSA) is 70.2 Å². The Morgan fingerprint density at radius 3 is 2.31 bits per heavy atom. The number of rotatable bonds is 3. The smallest absolute Gasteiger partial charge is 0.257 e. The summed E-state index contributed by atoms with van der Waals surface area (Å²) < 4.78 is 0. The zero-order valence-corrected chi connectivity index (χ0v) is 9.23. The van der Waals surface area contributed by atoms with Crippen molar-refractivity contribution in [3.05, 3.63) is 12.2 Å². The molecule has 0 aromatic rings. The number of Topliss-reactive ketones (excluding diaryl/α,β-unsaturated/α-hetero) is 1. The molecule has 0 aliphatic rings. The van der Waals surface area contributed by atoms with Gasteiger partial charge in [0.25, 0.3) is 5.91 Å². The summed E-state index contributed by atoms with van der Waals surface area (Å²) >= 11 is 0. The molecule has 0 aliphatic heterocycles. The molecule has 1 amide bonds. The van der Waals surface area contributed by atoms with Crippen molar-refractivity contribution in [2.45, 2.75) is 13.8 Å². The van der Waals surface area contributed by atoms with E-state index in [9.17, 15) is 9.59 Å². The van der Waals surface area contributed by atoms with Gasteiger partial charge in [-0.25, -0.2) is 0 Å². The molecule has 84 valence electrons. The molecule has 5 nitrogen and oxygen atoms in total. The molecule has 0 unspecified atom stereocenters. The minimum atomic E-state index is -0.336. The second-order valence-corrected chi connectivity index (χ2v) is 2.92. The quantitative estimate of drug-likeness (QED) is 0.333. The Balaban J connectivity index is 3.73. The fourth-order valence-corrected chi connectivity index (χ4v) is 0.501. The fraction of sp³-hybridized carbons (Fsp3) is 0.273. The number of carbonyl (C=O) groups excluding carboxylic acids is 2. The van der Waals surface area contributed by atoms with Crippen LogP contribution in [0.15, 0.2) is 12.2 Å². The zero-order chi connectivity index (χ0) is 12.4. The average Bonchev–Trinajstić information content (AvgIpc) is 2.21. The van der Waals surface area contributed by atoms with Crippen LogP contribution in [0.25, 0.3) is 0 Å². The van der Waals surface area contributed by atoms with Crippen molar-refractivity contribution < 1.29 is 9.59 Å². The number of ketones is 1. The summed E-state index contributed by atoms with van der Waals surface area (Å²) in [5.41, 5.74) is 0.378. The molecule has 0 saturated heterocycles. The molecule has 0 aliphatic carbocycles. The third-order valence-electron chi connectivity index (χ3n) is 1.24. The summed E-state index contributed by atoms with van der Waals surface area (Å²) in [5, 5.41) is 7.26. The van der Waals surface area contributed by atoms with Crippen molar-refractivity contribution in [1.29, 1.82) is 0 Å². The Bertz CT molecular complexity index is 404. The number of nitrogens with one attached hydrogen (secondary N) is 3. The number of hydrogen-bond donors (Lipinski definition) is 3. The van der Waals surface area contributed by atoms with Gasteiger partial charge in [0.2, 0.25) is 0 Å². The summed E-state index contributed by atoms with van der Waals surface area (Å²) in [6.45, 7) is 6.66. The molecular weight excluding hydrogens is 206 g/mol. The van der Waals surface area contributed by atoms with E-state index >= 15 is 0 Å². The van der Waals surface area contributed by atoms with Crippen LogP contribution < -0.4 is 16.0 Å². The first-order valence-corrected chi connectivity index (χ1v) is 4.47. The Morgan fingerprint density at radius 1 is 1.12 bits per heavy atom. The summed E-state index contributed by atoms with van der Waals surface area (Å²) in [4.78, 5) is 21.4. The lowest BCUT2D eigenvalue weighted by molar-refractivity contribution is -0.117. The maximum absolute atomic E-state index is 10.9. The standard InChI is InChI=1S/C11H13N3O2/c1-9(2)11(16)14-7-6-12-4-5-13-8-10(3)15/h12-13H,1,8H2,2-3H3,(H,14,16). The zero-order valence-electron chi connectivity index (χ0n) is 9.23. The van der Waals surface area contributed by atoms with Crippen molar-refractivity contribution in [1.82, 2.24) is 16.0 Å². The predicted octanol–water partition coefficient (Wildman–Crippen LogP) is -0.716. The van der Waals surface area contributed by atoms with Crippen LogP contribution in [0.5, 0.6) is 0 Å². The van der Waals surface area contributed by atoms with Gasteiger partial charge in [-0.1, -0.05) is 6.58 Å². The molecule has 0 heterocycles. The van der Waals surface area contributed by atoms with Crippen LogP contribution in [-0.2, 0) is 9.59 Å². The largest absolute Gasteiger partial charge is 0.337 e. The van der Waals surface area contributed by atoms with Gasteiger partial charge in [0.1, 0.15) is 5.78 Å². The summed E-state index contributed by atoms with van der Waals surface area (Å²) in [7, 11) is 0. The van der Waals surface area contributed by atoms with Crippen LogP contribution in [-0.4, -0.2) is 18.2 Å². The van der Waals surface area contributed by atoms with Gasteiger partial charge < -0.3 is 5.32 Å². The third kappa shape index (κ3) is 8.21. The Hall–Kier alpha value is -2.40. The van der Waals surface area contributed by atoms with Crippen molar-refractivity contribution in [2.75, 3.05) is 6.54 Å². The number of carbonyl (C=O) groups is 2. The molecule has 0 fully saturated rings. The average molecular weight is 219 g/mol. The van der Waals surface area contributed by atoms with E-state index in [1.165, 1.54) is 6.92 Å². The lowest BCUT2D eigenvalue weighted by Gasteiger charge is -1.92. The van der Waals surface area contributed by atoms with Crippen LogP contribution in [0.4, 0.5) is 0 Å². The van der Waals surface area contributed by atoms with Gasteiger partial charge in [0.15, 0.2) is 0 Å². The fourth-order valence-electron chi connectivity index (χ4n) is 0.501. The molecule has 0 saturated carbocycles. The van der Waals surface area contributed by atoms with E-state index in [0.29, 0.717) is 5.57 Å². The Labute approximate surface area is 94.7 Å². The lowest BCUT2D eigenvalue weighted by Crippen LogP contribution is -2.18. The predicted molar refractivity (Wildman–Crippen MR) is 60.3 cm³/mol. The molecule has 0 spiro atoms. The maximum Gasteiger partial charge on any atom is 0.257 e. The van der Waals surface area contributed by atoms with Gasteiger partial charge >= 0.3 is 0 Å². The maximum atomic E-state index is 10.9. The first-order valence-electron chi connectivity index (χ1n) is 4.47. The summed E-state index contributed by atoms with van der Waals surface area (Å²) in [6.07, 6.45) is 0. The second kappa shape index (κ2) is 7.95. The van der Waals surface area contributed by atoms with E-state index in [-0.39, 0.29) is 18.2 Å². The van der Waals surface area contributed by atoms with Gasteiger partial charge in [-0.05, 0) is 13.8 Å². The highest BCUT2D eigenvalue weighted by molar-refractivity contribution is 5.93. The second-order valence-electron chi connectivity index (χ2n) is 2.92. The van der Waals surface area contributed by atoms with Crippen LogP contribution in [0.3, 0.4) is 0 Å². The number of hydrogen-bond acceptors (Lipinski definition) is 4. The van der Waals surface area contributed by atoms with Gasteiger partial charge in [0, 0.05) is 29.8 Å². The minimum absolute atomic E-state index is 0.00546. The Morgan fingerprint density at radius 2 is 1.75 bits per heavy atom. The van der Waals surface area contributed by atoms with Crippen LogP contribution in [0, 0.1) is 24.2 Å². The molecule has 0 rings (SSSR count). The summed E-state index contributed by atoms with van der Waals surface area (Å²) in [6, 6.07) is 9.63. The van der Waals surface area contributed by atoms with Gasteiger partial charge in [-0.2, -0.15) is 0 Å². The molecule has 5 heteroatoms. The normalized spacial score (nSPS) is 7.38. The molecular formula is C11H13N3O2. The first-order chi connectivity index (χ1) is 7.54. The van der Waals surface area contributed by atoms with E-state index in [4.69, 9.17) is 0 Å². The van der Waals surface area contributed by atoms with Gasteiger partial charge in [-0.3, -0.25) is 20.2 Å². The van der Waals surface area contributed by atoms with Crippen LogP contribution in [0.1, 0.15) is 13.8 Å². The molecule has 3 N–H and O–H groups in total. The van der Waals surface area contributed by atoms with Crippen molar-refractivity contribution in [3.63, 3.8) is 0 Å². The third-order valence-corrected chi connectivity index (χ3v) is 1.24. The molecule has 16 heavy (non-hydrogen) atoms. The van der Waals surface area contributed by atoms with Crippen molar-refractivity contribution >= 4 is 11.7 Å². The van der Waals surface area contributed by atoms with Gasteiger partial charge in [-0.15, -0.1) is 0 Å². The highest BCUT2D eigenvalue weighted by Crippen LogP contribution is 1.82. The first kappa shape index (κ1) is 13.6. The van der Waals surface area contributed by atoms with Crippen molar-refractivity contribution in [2.24, 2.45) is 0 Å². The highest BCUT2D eigenvalue weighted by Gasteiger charge is 1.95. The van der Waals surface area contributed by atoms with Crippen LogP contribution >= 0.6 is 0 Å². The van der Waals surface area contributed by atoms with Crippen LogP contribution in [0.2, 0.25) is 0 Å². The van der Waals surface area contributed by atoms with E-state index in [2.05, 4.69) is 46.7 Å². The van der Waals surface area contributed by atoms with E-state index in [0.717, 1.165) is 0 Å². The molecule has 0 atom stereocenters. The van der Waals surface area contributed by atoms with Crippen molar-refractivity contribution in [3.8, 4) is 24.2 Å². The summed E-state index contributed by atoms with van der Waals surface area (Å²) in [5.74, 6) is -0.342. The molecule has 0 radical (unpaired) electrons. The van der Waals surface area contributed by atoms with E-state index in [1.807, 2.05) is 0 Å². The SMILES string of the molecule is C=C(C)C(=O)NC#CNC#CNCC(C)=O.